The summed E-state index contributed by atoms with van der Waals surface area (Å²) in [5, 5.41) is 9.39. The summed E-state index contributed by atoms with van der Waals surface area (Å²) in [6.07, 6.45) is 4.53. The third-order valence-corrected chi connectivity index (χ3v) is 4.43. The smallest absolute Gasteiger partial charge is 0.119 e. The summed E-state index contributed by atoms with van der Waals surface area (Å²) >= 11 is 0. The first-order chi connectivity index (χ1) is 9.21. The minimum absolute atomic E-state index is 0.413. The number of fused-ring (bicyclic) bond motifs is 1. The lowest BCUT2D eigenvalue weighted by Crippen LogP contribution is -2.50. The summed E-state index contributed by atoms with van der Waals surface area (Å²) in [5.74, 6) is 0.413. The third-order valence-electron chi connectivity index (χ3n) is 4.43. The molecule has 1 aliphatic heterocycles. The fourth-order valence-corrected chi connectivity index (χ4v) is 3.13. The molecule has 1 heterocycles. The van der Waals surface area contributed by atoms with Crippen LogP contribution in [0.1, 0.15) is 30.4 Å². The molecule has 1 fully saturated rings. The molecule has 0 aromatic heterocycles. The van der Waals surface area contributed by atoms with Crippen LogP contribution < -0.4 is 5.73 Å². The molecule has 0 amide bonds. The van der Waals surface area contributed by atoms with Gasteiger partial charge in [0.15, 0.2) is 0 Å². The van der Waals surface area contributed by atoms with Crippen LogP contribution in [0.25, 0.3) is 0 Å². The summed E-state index contributed by atoms with van der Waals surface area (Å²) < 4.78 is 0. The molecule has 3 nitrogen and oxygen atoms in total. The van der Waals surface area contributed by atoms with E-state index in [0.717, 1.165) is 38.8 Å². The molecule has 0 saturated heterocycles. The molecule has 1 atom stereocenters. The normalized spacial score (nSPS) is 22.9. The van der Waals surface area contributed by atoms with E-state index in [9.17, 15) is 5.26 Å². The zero-order valence-electron chi connectivity index (χ0n) is 11.3. The molecule has 3 rings (SSSR count). The Morgan fingerprint density at radius 1 is 1.32 bits per heavy atom. The quantitative estimate of drug-likeness (QED) is 0.899. The topological polar surface area (TPSA) is 53.1 Å². The predicted octanol–water partition coefficient (Wildman–Crippen LogP) is 2.07. The van der Waals surface area contributed by atoms with Gasteiger partial charge in [-0.15, -0.1) is 0 Å². The molecule has 100 valence electrons. The van der Waals surface area contributed by atoms with E-state index in [1.807, 2.05) is 0 Å². The second kappa shape index (κ2) is 4.96. The van der Waals surface area contributed by atoms with Crippen molar-refractivity contribution < 1.29 is 0 Å². The highest BCUT2D eigenvalue weighted by molar-refractivity contribution is 5.28. The first-order valence-corrected chi connectivity index (χ1v) is 7.20. The Kier molecular flexibility index (Phi) is 3.30. The average Bonchev–Trinajstić information content (AvgIpc) is 3.25. The number of hydrogen-bond donors (Lipinski definition) is 1. The average molecular weight is 255 g/mol. The third kappa shape index (κ3) is 2.65. The van der Waals surface area contributed by atoms with E-state index in [2.05, 4.69) is 35.2 Å². The van der Waals surface area contributed by atoms with E-state index in [1.54, 1.807) is 0 Å². The van der Waals surface area contributed by atoms with Crippen molar-refractivity contribution in [3.05, 3.63) is 35.4 Å². The molecule has 19 heavy (non-hydrogen) atoms. The maximum Gasteiger partial charge on any atom is 0.119 e. The van der Waals surface area contributed by atoms with Crippen molar-refractivity contribution >= 4 is 0 Å². The lowest BCUT2D eigenvalue weighted by atomic mass is 9.95. The highest BCUT2D eigenvalue weighted by Gasteiger charge is 2.43. The first-order valence-electron chi connectivity index (χ1n) is 7.20. The molecular weight excluding hydrogens is 234 g/mol. The number of nitrogens with zero attached hydrogens (tertiary/aromatic N) is 2. The van der Waals surface area contributed by atoms with Gasteiger partial charge < -0.3 is 5.73 Å². The van der Waals surface area contributed by atoms with Crippen molar-refractivity contribution in [1.82, 2.24) is 4.90 Å². The molecule has 1 aromatic carbocycles. The van der Waals surface area contributed by atoms with Gasteiger partial charge >= 0.3 is 0 Å². The molecule has 2 aliphatic rings. The fraction of sp³-hybridized carbons (Fsp3) is 0.562. The van der Waals surface area contributed by atoms with Crippen LogP contribution in [0.15, 0.2) is 24.3 Å². The van der Waals surface area contributed by atoms with Gasteiger partial charge in [0.1, 0.15) is 5.54 Å². The Hall–Kier alpha value is -1.37. The van der Waals surface area contributed by atoms with Gasteiger partial charge in [-0.05, 0) is 49.3 Å². The minimum atomic E-state index is -0.640. The zero-order chi connectivity index (χ0) is 13.3. The Balaban J connectivity index is 1.74. The van der Waals surface area contributed by atoms with Crippen molar-refractivity contribution in [2.75, 3.05) is 13.1 Å². The maximum absolute atomic E-state index is 9.39. The standard InChI is InChI=1S/C16H21N3/c17-11-16(18,15-7-8-15)12-19-9-3-6-13-4-1-2-5-14(13)10-19/h1-2,4-5,15H,3,6-10,12,18H2. The highest BCUT2D eigenvalue weighted by Crippen LogP contribution is 2.38. The molecule has 0 spiro atoms. The zero-order valence-corrected chi connectivity index (χ0v) is 11.3. The lowest BCUT2D eigenvalue weighted by Gasteiger charge is -2.29. The van der Waals surface area contributed by atoms with Crippen LogP contribution in [0, 0.1) is 17.2 Å². The molecule has 0 bridgehead atoms. The Morgan fingerprint density at radius 3 is 2.74 bits per heavy atom. The number of aryl methyl sites for hydroxylation is 1. The lowest BCUT2D eigenvalue weighted by molar-refractivity contribution is 0.216. The van der Waals surface area contributed by atoms with Crippen molar-refractivity contribution in [2.24, 2.45) is 11.7 Å². The van der Waals surface area contributed by atoms with Gasteiger partial charge in [-0.25, -0.2) is 0 Å². The van der Waals surface area contributed by atoms with Gasteiger partial charge in [0.05, 0.1) is 6.07 Å². The van der Waals surface area contributed by atoms with Crippen molar-refractivity contribution in [3.8, 4) is 6.07 Å². The summed E-state index contributed by atoms with van der Waals surface area (Å²) in [6.45, 7) is 2.69. The molecule has 2 N–H and O–H groups in total. The van der Waals surface area contributed by atoms with E-state index >= 15 is 0 Å². The fourth-order valence-electron chi connectivity index (χ4n) is 3.13. The largest absolute Gasteiger partial charge is 0.312 e. The predicted molar refractivity (Wildman–Crippen MR) is 75.3 cm³/mol. The number of benzene rings is 1. The van der Waals surface area contributed by atoms with Crippen molar-refractivity contribution in [2.45, 2.75) is 37.8 Å². The first kappa shape index (κ1) is 12.7. The second-order valence-corrected chi connectivity index (χ2v) is 6.01. The maximum atomic E-state index is 9.39. The monoisotopic (exact) mass is 255 g/mol. The Morgan fingerprint density at radius 2 is 2.05 bits per heavy atom. The Labute approximate surface area is 115 Å². The molecule has 1 saturated carbocycles. The van der Waals surface area contributed by atoms with Crippen LogP contribution in [0.3, 0.4) is 0 Å². The number of nitrogens with two attached hydrogens (primary N) is 1. The van der Waals surface area contributed by atoms with Crippen molar-refractivity contribution in [3.63, 3.8) is 0 Å². The van der Waals surface area contributed by atoms with E-state index in [4.69, 9.17) is 5.73 Å². The van der Waals surface area contributed by atoms with Crippen LogP contribution in [0.5, 0.6) is 0 Å². The molecule has 3 heteroatoms. The van der Waals surface area contributed by atoms with Crippen LogP contribution in [-0.4, -0.2) is 23.5 Å². The summed E-state index contributed by atoms with van der Waals surface area (Å²) in [6, 6.07) is 11.0. The Bertz CT molecular complexity index is 501. The van der Waals surface area contributed by atoms with Gasteiger partial charge in [0.25, 0.3) is 0 Å². The van der Waals surface area contributed by atoms with Crippen LogP contribution >= 0.6 is 0 Å². The van der Waals surface area contributed by atoms with Gasteiger partial charge in [-0.1, -0.05) is 24.3 Å². The molecule has 1 unspecified atom stereocenters. The summed E-state index contributed by atoms with van der Waals surface area (Å²) in [5.41, 5.74) is 8.52. The molecule has 0 radical (unpaired) electrons. The SMILES string of the molecule is N#CC(N)(CN1CCCc2ccccc2C1)C1CC1. The number of nitriles is 1. The minimum Gasteiger partial charge on any atom is -0.312 e. The summed E-state index contributed by atoms with van der Waals surface area (Å²) in [7, 11) is 0. The van der Waals surface area contributed by atoms with Crippen LogP contribution in [0.4, 0.5) is 0 Å². The second-order valence-electron chi connectivity index (χ2n) is 6.01. The van der Waals surface area contributed by atoms with E-state index in [1.165, 1.54) is 11.1 Å². The number of hydrogen-bond acceptors (Lipinski definition) is 3. The van der Waals surface area contributed by atoms with Gasteiger partial charge in [0.2, 0.25) is 0 Å². The molecule has 1 aliphatic carbocycles. The van der Waals surface area contributed by atoms with E-state index < -0.39 is 5.54 Å². The van der Waals surface area contributed by atoms with Crippen molar-refractivity contribution in [1.29, 1.82) is 5.26 Å². The van der Waals surface area contributed by atoms with Gasteiger partial charge in [-0.2, -0.15) is 5.26 Å². The van der Waals surface area contributed by atoms with E-state index in [-0.39, 0.29) is 0 Å². The van der Waals surface area contributed by atoms with E-state index in [0.29, 0.717) is 12.5 Å². The highest BCUT2D eigenvalue weighted by atomic mass is 15.1. The van der Waals surface area contributed by atoms with Gasteiger partial charge in [0, 0.05) is 13.1 Å². The summed E-state index contributed by atoms with van der Waals surface area (Å²) in [4.78, 5) is 2.37. The molecular formula is C16H21N3. The molecule has 1 aromatic rings. The van der Waals surface area contributed by atoms with Crippen LogP contribution in [-0.2, 0) is 13.0 Å². The number of rotatable bonds is 3. The van der Waals surface area contributed by atoms with Crippen LogP contribution in [0.2, 0.25) is 0 Å². The van der Waals surface area contributed by atoms with Gasteiger partial charge in [-0.3, -0.25) is 4.90 Å².